The van der Waals surface area contributed by atoms with Gasteiger partial charge in [0.1, 0.15) is 5.54 Å². The van der Waals surface area contributed by atoms with Gasteiger partial charge in [0, 0.05) is 17.4 Å². The highest BCUT2D eigenvalue weighted by atomic mass is 19.4. The van der Waals surface area contributed by atoms with Crippen molar-refractivity contribution in [1.29, 1.82) is 5.26 Å². The molecule has 3 N–H and O–H groups in total. The zero-order valence-electron chi connectivity index (χ0n) is 14.3. The van der Waals surface area contributed by atoms with E-state index in [4.69, 9.17) is 5.26 Å². The number of nitriles is 1. The first-order valence-electron chi connectivity index (χ1n) is 7.63. The number of hydrogen-bond acceptors (Lipinski definition) is 4. The molecule has 27 heavy (non-hydrogen) atoms. The first-order valence-corrected chi connectivity index (χ1v) is 7.63. The summed E-state index contributed by atoms with van der Waals surface area (Å²) in [5, 5.41) is 23.1. The molecule has 0 saturated carbocycles. The first kappa shape index (κ1) is 20.0. The maximum atomic E-state index is 13.4. The zero-order chi connectivity index (χ0) is 20.4. The molecule has 0 aliphatic heterocycles. The van der Waals surface area contributed by atoms with Gasteiger partial charge in [0.25, 0.3) is 0 Å². The minimum Gasteiger partial charge on any atom is -0.505 e. The summed E-state index contributed by atoms with van der Waals surface area (Å²) >= 11 is 0. The fourth-order valence-electron chi connectivity index (χ4n) is 2.24. The molecule has 1 amide bonds. The molecule has 5 nitrogen and oxygen atoms in total. The van der Waals surface area contributed by atoms with Crippen LogP contribution >= 0.6 is 0 Å². The molecule has 2 aromatic carbocycles. The van der Waals surface area contributed by atoms with Crippen molar-refractivity contribution in [3.63, 3.8) is 0 Å². The molecular formula is C18H15F4N3O2. The van der Waals surface area contributed by atoms with E-state index >= 15 is 0 Å². The maximum Gasteiger partial charge on any atom is 0.417 e. The van der Waals surface area contributed by atoms with Crippen LogP contribution in [-0.4, -0.2) is 16.6 Å². The Kier molecular flexibility index (Phi) is 5.31. The van der Waals surface area contributed by atoms with Crippen LogP contribution in [0.4, 0.5) is 28.9 Å². The van der Waals surface area contributed by atoms with Crippen molar-refractivity contribution < 1.29 is 27.5 Å². The lowest BCUT2D eigenvalue weighted by atomic mass is 10.0. The van der Waals surface area contributed by atoms with Crippen LogP contribution in [-0.2, 0) is 11.0 Å². The number of hydrogen-bond donors (Lipinski definition) is 3. The smallest absolute Gasteiger partial charge is 0.417 e. The summed E-state index contributed by atoms with van der Waals surface area (Å²) in [4.78, 5) is 12.4. The van der Waals surface area contributed by atoms with E-state index in [1.54, 1.807) is 0 Å². The summed E-state index contributed by atoms with van der Waals surface area (Å²) in [5.74, 6) is -2.13. The third-order valence-corrected chi connectivity index (χ3v) is 3.68. The number of aromatic hydroxyl groups is 1. The molecule has 0 aliphatic carbocycles. The van der Waals surface area contributed by atoms with E-state index < -0.39 is 40.3 Å². The first-order chi connectivity index (χ1) is 12.4. The number of rotatable bonds is 4. The van der Waals surface area contributed by atoms with Gasteiger partial charge in [-0.05, 0) is 44.2 Å². The number of halogens is 4. The highest BCUT2D eigenvalue weighted by Crippen LogP contribution is 2.33. The molecule has 0 atom stereocenters. The van der Waals surface area contributed by atoms with E-state index in [1.807, 2.05) is 0 Å². The van der Waals surface area contributed by atoms with Gasteiger partial charge in [-0.3, -0.25) is 4.79 Å². The van der Waals surface area contributed by atoms with Crippen LogP contribution in [0.1, 0.15) is 25.0 Å². The summed E-state index contributed by atoms with van der Waals surface area (Å²) in [6, 6.07) is 7.70. The summed E-state index contributed by atoms with van der Waals surface area (Å²) in [6.45, 7) is 2.89. The van der Waals surface area contributed by atoms with Crippen LogP contribution in [0.5, 0.6) is 5.75 Å². The quantitative estimate of drug-likeness (QED) is 0.546. The third-order valence-electron chi connectivity index (χ3n) is 3.68. The summed E-state index contributed by atoms with van der Waals surface area (Å²) in [5.41, 5.74) is -2.98. The molecule has 0 fully saturated rings. The van der Waals surface area contributed by atoms with Gasteiger partial charge >= 0.3 is 6.18 Å². The van der Waals surface area contributed by atoms with E-state index in [9.17, 15) is 27.5 Å². The number of anilines is 2. The van der Waals surface area contributed by atoms with E-state index in [-0.39, 0.29) is 11.4 Å². The molecule has 142 valence electrons. The van der Waals surface area contributed by atoms with E-state index in [0.717, 1.165) is 18.2 Å². The Balaban J connectivity index is 2.22. The molecule has 0 radical (unpaired) electrons. The minimum absolute atomic E-state index is 0.141. The molecule has 9 heteroatoms. The SMILES string of the molecule is CC(C)(Nc1ccc(O)c(F)c1)C(=O)Nc1ccc(C#N)c(C(F)(F)F)c1. The van der Waals surface area contributed by atoms with Gasteiger partial charge in [-0.2, -0.15) is 18.4 Å². The maximum absolute atomic E-state index is 13.4. The minimum atomic E-state index is -4.75. The molecule has 2 rings (SSSR count). The van der Waals surface area contributed by atoms with Gasteiger partial charge in [0.15, 0.2) is 11.6 Å². The number of nitrogens with one attached hydrogen (secondary N) is 2. The monoisotopic (exact) mass is 381 g/mol. The van der Waals surface area contributed by atoms with Crippen molar-refractivity contribution in [3.8, 4) is 11.8 Å². The Bertz CT molecular complexity index is 918. The molecule has 0 aromatic heterocycles. The number of carbonyl (C=O) groups excluding carboxylic acids is 1. The highest BCUT2D eigenvalue weighted by Gasteiger charge is 2.34. The van der Waals surface area contributed by atoms with E-state index in [0.29, 0.717) is 6.07 Å². The predicted molar refractivity (Wildman–Crippen MR) is 90.6 cm³/mol. The van der Waals surface area contributed by atoms with Crippen molar-refractivity contribution >= 4 is 17.3 Å². The van der Waals surface area contributed by atoms with Gasteiger partial charge in [-0.15, -0.1) is 0 Å². The average molecular weight is 381 g/mol. The number of alkyl halides is 3. The van der Waals surface area contributed by atoms with Crippen molar-refractivity contribution in [1.82, 2.24) is 0 Å². The van der Waals surface area contributed by atoms with Crippen LogP contribution in [0.15, 0.2) is 36.4 Å². The lowest BCUT2D eigenvalue weighted by molar-refractivity contribution is -0.137. The Morgan fingerprint density at radius 2 is 1.74 bits per heavy atom. The number of phenolic OH excluding ortho intramolecular Hbond substituents is 1. The molecule has 0 bridgehead atoms. The van der Waals surface area contributed by atoms with Crippen molar-refractivity contribution in [2.45, 2.75) is 25.6 Å². The van der Waals surface area contributed by atoms with Gasteiger partial charge in [0.2, 0.25) is 5.91 Å². The number of carbonyl (C=O) groups is 1. The van der Waals surface area contributed by atoms with Crippen LogP contribution in [0.3, 0.4) is 0 Å². The van der Waals surface area contributed by atoms with Gasteiger partial charge < -0.3 is 15.7 Å². The number of amides is 1. The van der Waals surface area contributed by atoms with E-state index in [1.165, 1.54) is 32.0 Å². The summed E-state index contributed by atoms with van der Waals surface area (Å²) in [6.07, 6.45) is -4.75. The van der Waals surface area contributed by atoms with Gasteiger partial charge in [0.05, 0.1) is 17.2 Å². The Labute approximate surface area is 152 Å². The average Bonchev–Trinajstić information content (AvgIpc) is 2.57. The van der Waals surface area contributed by atoms with Crippen LogP contribution in [0.2, 0.25) is 0 Å². The van der Waals surface area contributed by atoms with Crippen LogP contribution < -0.4 is 10.6 Å². The molecule has 0 aliphatic rings. The molecule has 0 saturated heterocycles. The third kappa shape index (κ3) is 4.67. The highest BCUT2D eigenvalue weighted by molar-refractivity contribution is 5.99. The normalized spacial score (nSPS) is 11.6. The fourth-order valence-corrected chi connectivity index (χ4v) is 2.24. The molecule has 0 unspecified atom stereocenters. The topological polar surface area (TPSA) is 85.2 Å². The molecular weight excluding hydrogens is 366 g/mol. The number of nitrogens with zero attached hydrogens (tertiary/aromatic N) is 1. The largest absolute Gasteiger partial charge is 0.505 e. The lowest BCUT2D eigenvalue weighted by Gasteiger charge is -2.26. The Morgan fingerprint density at radius 3 is 2.30 bits per heavy atom. The standard InChI is InChI=1S/C18H15F4N3O2/c1-17(2,25-12-5-6-15(26)14(19)8-12)16(27)24-11-4-3-10(9-23)13(7-11)18(20,21)22/h3-8,25-26H,1-2H3,(H,24,27). The lowest BCUT2D eigenvalue weighted by Crippen LogP contribution is -2.44. The second-order valence-electron chi connectivity index (χ2n) is 6.24. The van der Waals surface area contributed by atoms with Crippen LogP contribution in [0, 0.1) is 17.1 Å². The zero-order valence-corrected chi connectivity index (χ0v) is 14.3. The van der Waals surface area contributed by atoms with Gasteiger partial charge in [-0.25, -0.2) is 4.39 Å². The number of benzene rings is 2. The molecule has 0 spiro atoms. The summed E-state index contributed by atoms with van der Waals surface area (Å²) < 4.78 is 52.4. The predicted octanol–water partition coefficient (Wildman–Crippen LogP) is 4.25. The fraction of sp³-hybridized carbons (Fsp3) is 0.222. The Hall–Kier alpha value is -3.28. The van der Waals surface area contributed by atoms with E-state index in [2.05, 4.69) is 10.6 Å². The van der Waals surface area contributed by atoms with Crippen molar-refractivity contribution in [3.05, 3.63) is 53.3 Å². The molecule has 2 aromatic rings. The number of phenols is 1. The van der Waals surface area contributed by atoms with Crippen molar-refractivity contribution in [2.75, 3.05) is 10.6 Å². The second kappa shape index (κ2) is 7.15. The Morgan fingerprint density at radius 1 is 1.11 bits per heavy atom. The van der Waals surface area contributed by atoms with Crippen molar-refractivity contribution in [2.24, 2.45) is 0 Å². The second-order valence-corrected chi connectivity index (χ2v) is 6.24. The molecule has 0 heterocycles. The summed E-state index contributed by atoms with van der Waals surface area (Å²) in [7, 11) is 0. The van der Waals surface area contributed by atoms with Crippen LogP contribution in [0.25, 0.3) is 0 Å². The van der Waals surface area contributed by atoms with Gasteiger partial charge in [-0.1, -0.05) is 0 Å².